The van der Waals surface area contributed by atoms with E-state index in [4.69, 9.17) is 11.6 Å². The number of alkyl halides is 1. The lowest BCUT2D eigenvalue weighted by molar-refractivity contribution is 0.170. The Kier molecular flexibility index (Phi) is 4.01. The van der Waals surface area contributed by atoms with Crippen molar-refractivity contribution < 1.29 is 8.42 Å². The number of H-pyrrole nitrogens is 1. The van der Waals surface area contributed by atoms with Gasteiger partial charge in [-0.05, 0) is 20.0 Å². The lowest BCUT2D eigenvalue weighted by atomic mass is 10.2. The first-order valence-corrected chi connectivity index (χ1v) is 7.86. The average Bonchev–Trinajstić information content (AvgIpc) is 2.77. The maximum absolute atomic E-state index is 12.5. The number of likely N-dealkylation sites (N-methyl/N-ethyl adjacent to an activating group) is 1. The van der Waals surface area contributed by atoms with Crippen LogP contribution >= 0.6 is 11.6 Å². The Morgan fingerprint density at radius 2 is 2.22 bits per heavy atom. The molecule has 1 aliphatic heterocycles. The second-order valence-corrected chi connectivity index (χ2v) is 6.88. The summed E-state index contributed by atoms with van der Waals surface area (Å²) in [5, 5.41) is 0. The highest BCUT2D eigenvalue weighted by Crippen LogP contribution is 2.22. The molecule has 0 bridgehead atoms. The van der Waals surface area contributed by atoms with E-state index in [1.54, 1.807) is 10.4 Å². The van der Waals surface area contributed by atoms with Gasteiger partial charge in [0.15, 0.2) is 0 Å². The van der Waals surface area contributed by atoms with Crippen molar-refractivity contribution in [2.24, 2.45) is 0 Å². The molecule has 2 heterocycles. The van der Waals surface area contributed by atoms with Gasteiger partial charge in [-0.1, -0.05) is 0 Å². The molecule has 0 spiro atoms. The number of sulfonamides is 1. The second kappa shape index (κ2) is 5.21. The van der Waals surface area contributed by atoms with Gasteiger partial charge in [-0.2, -0.15) is 4.31 Å². The van der Waals surface area contributed by atoms with Crippen molar-refractivity contribution in [1.29, 1.82) is 0 Å². The fourth-order valence-electron chi connectivity index (χ4n) is 2.26. The summed E-state index contributed by atoms with van der Waals surface area (Å²) in [5.74, 6) is 0.286. The summed E-state index contributed by atoms with van der Waals surface area (Å²) in [7, 11) is -1.40. The van der Waals surface area contributed by atoms with Crippen LogP contribution in [0.4, 0.5) is 0 Å². The number of nitrogens with zero attached hydrogens (tertiary/aromatic N) is 2. The molecule has 0 radical (unpaired) electrons. The van der Waals surface area contributed by atoms with E-state index in [9.17, 15) is 8.42 Å². The molecule has 1 aromatic heterocycles. The summed E-state index contributed by atoms with van der Waals surface area (Å²) in [6, 6.07) is 1.59. The van der Waals surface area contributed by atoms with Crippen molar-refractivity contribution in [3.05, 3.63) is 18.0 Å². The Labute approximate surface area is 113 Å². The van der Waals surface area contributed by atoms with E-state index in [1.165, 1.54) is 6.20 Å². The molecular formula is C11H18ClN3O2S. The Morgan fingerprint density at radius 1 is 1.50 bits per heavy atom. The van der Waals surface area contributed by atoms with Gasteiger partial charge in [-0.3, -0.25) is 0 Å². The SMILES string of the molecule is CC1CN(C)CCN1S(=O)(=O)c1c[nH]c(CCl)c1. The van der Waals surface area contributed by atoms with Gasteiger partial charge in [-0.25, -0.2) is 8.42 Å². The van der Waals surface area contributed by atoms with Gasteiger partial charge in [0.2, 0.25) is 10.0 Å². The maximum Gasteiger partial charge on any atom is 0.244 e. The van der Waals surface area contributed by atoms with Crippen LogP contribution in [-0.2, 0) is 15.9 Å². The van der Waals surface area contributed by atoms with E-state index >= 15 is 0 Å². The third-order valence-electron chi connectivity index (χ3n) is 3.24. The summed E-state index contributed by atoms with van der Waals surface area (Å²) in [5.41, 5.74) is 0.719. The number of hydrogen-bond donors (Lipinski definition) is 1. The fourth-order valence-corrected chi connectivity index (χ4v) is 4.05. The zero-order valence-corrected chi connectivity index (χ0v) is 12.1. The van der Waals surface area contributed by atoms with Gasteiger partial charge in [0, 0.05) is 37.6 Å². The quantitative estimate of drug-likeness (QED) is 0.848. The molecule has 0 aromatic carbocycles. The van der Waals surface area contributed by atoms with Crippen LogP contribution in [0.15, 0.2) is 17.2 Å². The molecule has 102 valence electrons. The minimum absolute atomic E-state index is 0.0110. The predicted molar refractivity (Wildman–Crippen MR) is 71.2 cm³/mol. The van der Waals surface area contributed by atoms with E-state index in [0.717, 1.165) is 18.8 Å². The predicted octanol–water partition coefficient (Wildman–Crippen LogP) is 1.08. The molecule has 18 heavy (non-hydrogen) atoms. The van der Waals surface area contributed by atoms with E-state index in [2.05, 4.69) is 9.88 Å². The molecule has 1 N–H and O–H groups in total. The van der Waals surface area contributed by atoms with Crippen molar-refractivity contribution in [3.63, 3.8) is 0 Å². The van der Waals surface area contributed by atoms with Crippen molar-refractivity contribution in [2.75, 3.05) is 26.7 Å². The van der Waals surface area contributed by atoms with E-state index in [1.807, 2.05) is 14.0 Å². The van der Waals surface area contributed by atoms with Gasteiger partial charge in [0.05, 0.1) is 10.8 Å². The summed E-state index contributed by atoms with van der Waals surface area (Å²) < 4.78 is 26.5. The summed E-state index contributed by atoms with van der Waals surface area (Å²) in [6.45, 7) is 3.98. The normalized spacial score (nSPS) is 23.4. The Balaban J connectivity index is 2.25. The van der Waals surface area contributed by atoms with Crippen LogP contribution < -0.4 is 0 Å². The minimum Gasteiger partial charge on any atom is -0.363 e. The smallest absolute Gasteiger partial charge is 0.244 e. The van der Waals surface area contributed by atoms with E-state index < -0.39 is 10.0 Å². The van der Waals surface area contributed by atoms with Gasteiger partial charge in [-0.15, -0.1) is 11.6 Å². The van der Waals surface area contributed by atoms with Crippen molar-refractivity contribution in [2.45, 2.75) is 23.7 Å². The molecule has 1 aromatic rings. The van der Waals surface area contributed by atoms with Gasteiger partial charge in [0.1, 0.15) is 0 Å². The molecule has 0 amide bonds. The first-order valence-electron chi connectivity index (χ1n) is 5.89. The van der Waals surface area contributed by atoms with Gasteiger partial charge >= 0.3 is 0 Å². The molecule has 1 aliphatic rings. The number of hydrogen-bond acceptors (Lipinski definition) is 3. The number of aromatic nitrogens is 1. The number of nitrogens with one attached hydrogen (secondary N) is 1. The molecule has 2 rings (SSSR count). The molecule has 7 heteroatoms. The summed E-state index contributed by atoms with van der Waals surface area (Å²) in [6.07, 6.45) is 1.51. The first-order chi connectivity index (χ1) is 8.45. The number of halogens is 1. The second-order valence-electron chi connectivity index (χ2n) is 4.72. The maximum atomic E-state index is 12.5. The Hall–Kier alpha value is -0.560. The first kappa shape index (κ1) is 13.9. The van der Waals surface area contributed by atoms with Gasteiger partial charge < -0.3 is 9.88 Å². The van der Waals surface area contributed by atoms with Gasteiger partial charge in [0.25, 0.3) is 0 Å². The van der Waals surface area contributed by atoms with Crippen molar-refractivity contribution in [1.82, 2.24) is 14.2 Å². The highest BCUT2D eigenvalue weighted by Gasteiger charge is 2.33. The molecule has 5 nitrogen and oxygen atoms in total. The number of aromatic amines is 1. The van der Waals surface area contributed by atoms with Crippen LogP contribution in [-0.4, -0.2) is 55.3 Å². The minimum atomic E-state index is -3.41. The monoisotopic (exact) mass is 291 g/mol. The van der Waals surface area contributed by atoms with Crippen molar-refractivity contribution in [3.8, 4) is 0 Å². The number of piperazine rings is 1. The summed E-state index contributed by atoms with van der Waals surface area (Å²) >= 11 is 5.68. The zero-order chi connectivity index (χ0) is 13.3. The number of rotatable bonds is 3. The molecule has 1 atom stereocenters. The summed E-state index contributed by atoms with van der Waals surface area (Å²) in [4.78, 5) is 5.31. The topological polar surface area (TPSA) is 56.4 Å². The largest absolute Gasteiger partial charge is 0.363 e. The molecular weight excluding hydrogens is 274 g/mol. The Morgan fingerprint density at radius 3 is 2.78 bits per heavy atom. The van der Waals surface area contributed by atoms with Crippen LogP contribution in [0.3, 0.4) is 0 Å². The van der Waals surface area contributed by atoms with E-state index in [0.29, 0.717) is 11.4 Å². The molecule has 0 saturated carbocycles. The Bertz CT molecular complexity index is 514. The molecule has 1 unspecified atom stereocenters. The molecule has 1 fully saturated rings. The third kappa shape index (κ3) is 2.56. The van der Waals surface area contributed by atoms with Crippen LogP contribution in [0.1, 0.15) is 12.6 Å². The van der Waals surface area contributed by atoms with Crippen LogP contribution in [0.2, 0.25) is 0 Å². The van der Waals surface area contributed by atoms with Crippen LogP contribution in [0, 0.1) is 0 Å². The van der Waals surface area contributed by atoms with Crippen LogP contribution in [0.5, 0.6) is 0 Å². The lowest BCUT2D eigenvalue weighted by Crippen LogP contribution is -2.52. The van der Waals surface area contributed by atoms with Crippen molar-refractivity contribution >= 4 is 21.6 Å². The van der Waals surface area contributed by atoms with E-state index in [-0.39, 0.29) is 11.9 Å². The zero-order valence-electron chi connectivity index (χ0n) is 10.6. The van der Waals surface area contributed by atoms with Crippen LogP contribution in [0.25, 0.3) is 0 Å². The third-order valence-corrected chi connectivity index (χ3v) is 5.52. The highest BCUT2D eigenvalue weighted by molar-refractivity contribution is 7.89. The lowest BCUT2D eigenvalue weighted by Gasteiger charge is -2.36. The highest BCUT2D eigenvalue weighted by atomic mass is 35.5. The molecule has 0 aliphatic carbocycles. The fraction of sp³-hybridized carbons (Fsp3) is 0.636. The molecule has 1 saturated heterocycles. The standard InChI is InChI=1S/C11H18ClN3O2S/c1-9-8-14(2)3-4-15(9)18(16,17)11-5-10(6-12)13-7-11/h5,7,9,13H,3-4,6,8H2,1-2H3. The average molecular weight is 292 g/mol.